The third kappa shape index (κ3) is 6.32. The van der Waals surface area contributed by atoms with E-state index in [9.17, 15) is 9.18 Å². The van der Waals surface area contributed by atoms with Crippen LogP contribution >= 0.6 is 0 Å². The summed E-state index contributed by atoms with van der Waals surface area (Å²) in [5.74, 6) is 0.546. The number of nitrogens with zero attached hydrogens (tertiary/aromatic N) is 2. The molecule has 2 aliphatic heterocycles. The van der Waals surface area contributed by atoms with Crippen LogP contribution in [0.2, 0.25) is 0 Å². The van der Waals surface area contributed by atoms with Gasteiger partial charge in [-0.15, -0.1) is 0 Å². The first-order chi connectivity index (χ1) is 15.1. The van der Waals surface area contributed by atoms with Crippen LogP contribution in [0.25, 0.3) is 0 Å². The number of carbonyl (C=O) groups is 1. The number of piperidine rings is 1. The van der Waals surface area contributed by atoms with Gasteiger partial charge in [0.15, 0.2) is 5.96 Å². The van der Waals surface area contributed by atoms with Crippen LogP contribution in [-0.2, 0) is 14.9 Å². The van der Waals surface area contributed by atoms with E-state index in [0.717, 1.165) is 43.8 Å². The smallest absolute Gasteiger partial charge is 0.409 e. The molecular formula is C23H35FN4O3. The van der Waals surface area contributed by atoms with Gasteiger partial charge in [0.05, 0.1) is 13.2 Å². The van der Waals surface area contributed by atoms with Gasteiger partial charge in [-0.05, 0) is 57.2 Å². The van der Waals surface area contributed by atoms with E-state index in [2.05, 4.69) is 10.6 Å². The minimum atomic E-state index is -0.238. The third-order valence-electron chi connectivity index (χ3n) is 6.13. The Balaban J connectivity index is 1.66. The van der Waals surface area contributed by atoms with E-state index in [0.29, 0.717) is 39.5 Å². The van der Waals surface area contributed by atoms with Gasteiger partial charge in [-0.3, -0.25) is 4.99 Å². The summed E-state index contributed by atoms with van der Waals surface area (Å²) >= 11 is 0. The zero-order chi connectivity index (χ0) is 22.1. The molecule has 0 aliphatic carbocycles. The Kier molecular flexibility index (Phi) is 8.51. The first kappa shape index (κ1) is 23.3. The van der Waals surface area contributed by atoms with Gasteiger partial charge in [0.1, 0.15) is 5.82 Å². The second-order valence-corrected chi connectivity index (χ2v) is 8.20. The molecule has 2 saturated heterocycles. The molecule has 7 nitrogen and oxygen atoms in total. The fourth-order valence-corrected chi connectivity index (χ4v) is 4.28. The van der Waals surface area contributed by atoms with Gasteiger partial charge in [0.25, 0.3) is 0 Å². The number of aliphatic imine (C=N–C) groups is 1. The second-order valence-electron chi connectivity index (χ2n) is 8.20. The molecule has 1 aromatic carbocycles. The average Bonchev–Trinajstić information content (AvgIpc) is 2.79. The number of halogens is 1. The zero-order valence-electron chi connectivity index (χ0n) is 18.7. The average molecular weight is 435 g/mol. The van der Waals surface area contributed by atoms with Crippen molar-refractivity contribution in [2.45, 2.75) is 51.0 Å². The van der Waals surface area contributed by atoms with Crippen molar-refractivity contribution in [1.82, 2.24) is 15.5 Å². The number of ether oxygens (including phenoxy) is 2. The Bertz CT molecular complexity index is 744. The summed E-state index contributed by atoms with van der Waals surface area (Å²) in [6.45, 7) is 8.22. The Morgan fingerprint density at radius 2 is 2.03 bits per heavy atom. The van der Waals surface area contributed by atoms with Gasteiger partial charge in [-0.1, -0.05) is 12.1 Å². The molecule has 31 heavy (non-hydrogen) atoms. The number of guanidine groups is 1. The number of nitrogens with one attached hydrogen (secondary N) is 2. The summed E-state index contributed by atoms with van der Waals surface area (Å²) in [7, 11) is 0. The van der Waals surface area contributed by atoms with Crippen LogP contribution in [0, 0.1) is 5.82 Å². The van der Waals surface area contributed by atoms with E-state index in [4.69, 9.17) is 14.5 Å². The number of rotatable bonds is 6. The highest BCUT2D eigenvalue weighted by Gasteiger charge is 2.35. The predicted molar refractivity (Wildman–Crippen MR) is 119 cm³/mol. The van der Waals surface area contributed by atoms with Gasteiger partial charge in [-0.25, -0.2) is 9.18 Å². The molecule has 0 radical (unpaired) electrons. The molecule has 3 rings (SSSR count). The zero-order valence-corrected chi connectivity index (χ0v) is 18.7. The van der Waals surface area contributed by atoms with Crippen LogP contribution in [0.4, 0.5) is 9.18 Å². The number of hydrogen-bond donors (Lipinski definition) is 2. The normalized spacial score (nSPS) is 19.7. The largest absolute Gasteiger partial charge is 0.450 e. The molecule has 0 spiro atoms. The Morgan fingerprint density at radius 1 is 1.29 bits per heavy atom. The minimum Gasteiger partial charge on any atom is -0.450 e. The summed E-state index contributed by atoms with van der Waals surface area (Å²) in [5, 5.41) is 6.85. The summed E-state index contributed by atoms with van der Waals surface area (Å²) in [5.41, 5.74) is 0.758. The maximum atomic E-state index is 13.9. The van der Waals surface area contributed by atoms with Crippen LogP contribution in [0.5, 0.6) is 0 Å². The van der Waals surface area contributed by atoms with Crippen LogP contribution in [0.3, 0.4) is 0 Å². The highest BCUT2D eigenvalue weighted by atomic mass is 19.1. The fourth-order valence-electron chi connectivity index (χ4n) is 4.28. The van der Waals surface area contributed by atoms with Crippen LogP contribution in [0.15, 0.2) is 29.3 Å². The Morgan fingerprint density at radius 3 is 2.68 bits per heavy atom. The van der Waals surface area contributed by atoms with Crippen molar-refractivity contribution in [2.24, 2.45) is 4.99 Å². The first-order valence-electron chi connectivity index (χ1n) is 11.4. The molecule has 2 fully saturated rings. The quantitative estimate of drug-likeness (QED) is 0.532. The van der Waals surface area contributed by atoms with E-state index in [1.54, 1.807) is 17.0 Å². The molecule has 2 N–H and O–H groups in total. The van der Waals surface area contributed by atoms with Crippen molar-refractivity contribution in [3.8, 4) is 0 Å². The molecule has 0 atom stereocenters. The molecule has 0 unspecified atom stereocenters. The van der Waals surface area contributed by atoms with E-state index in [1.165, 1.54) is 6.07 Å². The molecule has 0 bridgehead atoms. The summed E-state index contributed by atoms with van der Waals surface area (Å²) in [6, 6.07) is 7.12. The van der Waals surface area contributed by atoms with Crippen molar-refractivity contribution >= 4 is 12.1 Å². The standard InChI is InChI=1S/C23H35FN4O3/c1-3-25-21(27-20-8-12-28(13-9-20)22(29)31-4-2)26-17-23(10-14-30-15-11-23)18-6-5-7-19(24)16-18/h5-7,16,20H,3-4,8-15,17H2,1-2H3,(H2,25,26,27). The lowest BCUT2D eigenvalue weighted by Gasteiger charge is -2.37. The van der Waals surface area contributed by atoms with Gasteiger partial charge in [-0.2, -0.15) is 0 Å². The number of carbonyl (C=O) groups excluding carboxylic acids is 1. The van der Waals surface area contributed by atoms with Crippen molar-refractivity contribution in [3.05, 3.63) is 35.6 Å². The van der Waals surface area contributed by atoms with Gasteiger partial charge in [0.2, 0.25) is 0 Å². The lowest BCUT2D eigenvalue weighted by atomic mass is 9.74. The van der Waals surface area contributed by atoms with Crippen molar-refractivity contribution in [2.75, 3.05) is 46.0 Å². The van der Waals surface area contributed by atoms with Crippen LogP contribution < -0.4 is 10.6 Å². The van der Waals surface area contributed by atoms with Gasteiger partial charge < -0.3 is 25.0 Å². The molecule has 172 valence electrons. The predicted octanol–water partition coefficient (Wildman–Crippen LogP) is 3.05. The summed E-state index contributed by atoms with van der Waals surface area (Å²) in [4.78, 5) is 18.6. The van der Waals surface area contributed by atoms with E-state index in [1.807, 2.05) is 19.9 Å². The molecule has 2 heterocycles. The highest BCUT2D eigenvalue weighted by molar-refractivity contribution is 5.80. The Labute approximate surface area is 184 Å². The topological polar surface area (TPSA) is 75.2 Å². The fraction of sp³-hybridized carbons (Fsp3) is 0.652. The first-order valence-corrected chi connectivity index (χ1v) is 11.4. The number of benzene rings is 1. The van der Waals surface area contributed by atoms with Crippen LogP contribution in [-0.4, -0.2) is 69.0 Å². The van der Waals surface area contributed by atoms with E-state index < -0.39 is 0 Å². The van der Waals surface area contributed by atoms with Crippen molar-refractivity contribution in [1.29, 1.82) is 0 Å². The molecule has 1 aromatic rings. The highest BCUT2D eigenvalue weighted by Crippen LogP contribution is 2.35. The molecule has 1 amide bonds. The summed E-state index contributed by atoms with van der Waals surface area (Å²) < 4.78 is 24.6. The SMILES string of the molecule is CCNC(=NCC1(c2cccc(F)c2)CCOCC1)NC1CCN(C(=O)OCC)CC1. The minimum absolute atomic E-state index is 0.217. The maximum absolute atomic E-state index is 13.9. The number of amides is 1. The summed E-state index contributed by atoms with van der Waals surface area (Å²) in [6.07, 6.45) is 3.07. The molecular weight excluding hydrogens is 399 g/mol. The second kappa shape index (κ2) is 11.3. The third-order valence-corrected chi connectivity index (χ3v) is 6.13. The number of hydrogen-bond acceptors (Lipinski definition) is 4. The van der Waals surface area contributed by atoms with E-state index in [-0.39, 0.29) is 23.4 Å². The Hall–Kier alpha value is -2.35. The molecule has 0 saturated carbocycles. The lowest BCUT2D eigenvalue weighted by Crippen LogP contribution is -2.50. The molecule has 0 aromatic heterocycles. The molecule has 2 aliphatic rings. The van der Waals surface area contributed by atoms with Gasteiger partial charge >= 0.3 is 6.09 Å². The lowest BCUT2D eigenvalue weighted by molar-refractivity contribution is 0.0529. The van der Waals surface area contributed by atoms with Crippen LogP contribution in [0.1, 0.15) is 45.1 Å². The number of likely N-dealkylation sites (tertiary alicyclic amines) is 1. The van der Waals surface area contributed by atoms with Crippen molar-refractivity contribution in [3.63, 3.8) is 0 Å². The monoisotopic (exact) mass is 434 g/mol. The maximum Gasteiger partial charge on any atom is 0.409 e. The van der Waals surface area contributed by atoms with Crippen molar-refractivity contribution < 1.29 is 18.7 Å². The molecule has 8 heteroatoms. The van der Waals surface area contributed by atoms with E-state index >= 15 is 0 Å². The van der Waals surface area contributed by atoms with Gasteiger partial charge in [0, 0.05) is 44.3 Å².